The lowest BCUT2D eigenvalue weighted by molar-refractivity contribution is 0.235. The molecule has 0 amide bonds. The first-order valence-corrected chi connectivity index (χ1v) is 6.91. The SMILES string of the molecule is CCCNc1nccc(NC(CCO)C(C)(C)C)n1. The molecule has 1 aromatic heterocycles. The monoisotopic (exact) mass is 266 g/mol. The Bertz CT molecular complexity index is 376. The van der Waals surface area contributed by atoms with Gasteiger partial charge in [-0.1, -0.05) is 27.7 Å². The molecule has 5 nitrogen and oxygen atoms in total. The van der Waals surface area contributed by atoms with Crippen LogP contribution >= 0.6 is 0 Å². The van der Waals surface area contributed by atoms with Crippen molar-refractivity contribution >= 4 is 11.8 Å². The molecule has 1 unspecified atom stereocenters. The maximum absolute atomic E-state index is 9.16. The first-order valence-electron chi connectivity index (χ1n) is 6.91. The van der Waals surface area contributed by atoms with Gasteiger partial charge in [-0.2, -0.15) is 4.98 Å². The van der Waals surface area contributed by atoms with Crippen molar-refractivity contribution in [3.8, 4) is 0 Å². The predicted molar refractivity (Wildman–Crippen MR) is 79.4 cm³/mol. The zero-order valence-electron chi connectivity index (χ0n) is 12.4. The number of nitrogens with one attached hydrogen (secondary N) is 2. The molecule has 0 aliphatic heterocycles. The third-order valence-corrected chi connectivity index (χ3v) is 2.97. The van der Waals surface area contributed by atoms with Crippen LogP contribution in [0.3, 0.4) is 0 Å². The van der Waals surface area contributed by atoms with E-state index >= 15 is 0 Å². The molecule has 1 aromatic rings. The number of hydrogen-bond donors (Lipinski definition) is 3. The summed E-state index contributed by atoms with van der Waals surface area (Å²) in [5, 5.41) is 15.7. The average Bonchev–Trinajstić information content (AvgIpc) is 2.35. The van der Waals surface area contributed by atoms with Crippen LogP contribution in [0.1, 0.15) is 40.5 Å². The second kappa shape index (κ2) is 7.28. The number of aromatic nitrogens is 2. The molecule has 0 aliphatic carbocycles. The van der Waals surface area contributed by atoms with Crippen molar-refractivity contribution in [2.24, 2.45) is 5.41 Å². The van der Waals surface area contributed by atoms with Gasteiger partial charge in [-0.15, -0.1) is 0 Å². The molecule has 1 rings (SSSR count). The molecule has 0 aliphatic rings. The quantitative estimate of drug-likeness (QED) is 0.707. The highest BCUT2D eigenvalue weighted by Crippen LogP contribution is 2.24. The maximum Gasteiger partial charge on any atom is 0.224 e. The summed E-state index contributed by atoms with van der Waals surface area (Å²) in [5.74, 6) is 1.44. The van der Waals surface area contributed by atoms with E-state index in [0.29, 0.717) is 12.4 Å². The summed E-state index contributed by atoms with van der Waals surface area (Å²) in [5.41, 5.74) is 0.0602. The van der Waals surface area contributed by atoms with Gasteiger partial charge in [0.2, 0.25) is 5.95 Å². The molecule has 0 saturated carbocycles. The van der Waals surface area contributed by atoms with Crippen LogP contribution in [0.5, 0.6) is 0 Å². The van der Waals surface area contributed by atoms with E-state index in [1.165, 1.54) is 0 Å². The van der Waals surface area contributed by atoms with Gasteiger partial charge in [0.05, 0.1) is 0 Å². The fraction of sp³-hybridized carbons (Fsp3) is 0.714. The normalized spacial score (nSPS) is 13.1. The largest absolute Gasteiger partial charge is 0.396 e. The molecule has 5 heteroatoms. The number of rotatable bonds is 7. The molecule has 1 atom stereocenters. The van der Waals surface area contributed by atoms with E-state index in [2.05, 4.69) is 48.3 Å². The van der Waals surface area contributed by atoms with E-state index in [1.807, 2.05) is 6.07 Å². The highest BCUT2D eigenvalue weighted by atomic mass is 16.3. The fourth-order valence-electron chi connectivity index (χ4n) is 1.79. The predicted octanol–water partition coefficient (Wildman–Crippen LogP) is 2.51. The van der Waals surface area contributed by atoms with Crippen LogP contribution in [0.4, 0.5) is 11.8 Å². The summed E-state index contributed by atoms with van der Waals surface area (Å²) in [4.78, 5) is 8.61. The van der Waals surface area contributed by atoms with Gasteiger partial charge < -0.3 is 15.7 Å². The summed E-state index contributed by atoms with van der Waals surface area (Å²) in [6, 6.07) is 2.03. The van der Waals surface area contributed by atoms with Gasteiger partial charge in [-0.05, 0) is 24.3 Å². The van der Waals surface area contributed by atoms with Crippen LogP contribution in [0.15, 0.2) is 12.3 Å². The molecule has 108 valence electrons. The van der Waals surface area contributed by atoms with E-state index in [0.717, 1.165) is 18.8 Å². The van der Waals surface area contributed by atoms with Crippen molar-refractivity contribution in [1.82, 2.24) is 9.97 Å². The van der Waals surface area contributed by atoms with Crippen molar-refractivity contribution < 1.29 is 5.11 Å². The van der Waals surface area contributed by atoms with E-state index in [-0.39, 0.29) is 18.1 Å². The highest BCUT2D eigenvalue weighted by molar-refractivity contribution is 5.40. The van der Waals surface area contributed by atoms with Crippen LogP contribution in [-0.4, -0.2) is 34.3 Å². The van der Waals surface area contributed by atoms with Gasteiger partial charge in [0.15, 0.2) is 0 Å². The molecule has 0 fully saturated rings. The van der Waals surface area contributed by atoms with Crippen LogP contribution in [0.2, 0.25) is 0 Å². The minimum Gasteiger partial charge on any atom is -0.396 e. The van der Waals surface area contributed by atoms with Gasteiger partial charge in [-0.25, -0.2) is 4.98 Å². The van der Waals surface area contributed by atoms with Gasteiger partial charge in [0.1, 0.15) is 5.82 Å². The van der Waals surface area contributed by atoms with Crippen LogP contribution in [-0.2, 0) is 0 Å². The van der Waals surface area contributed by atoms with Crippen LogP contribution in [0.25, 0.3) is 0 Å². The summed E-state index contributed by atoms with van der Waals surface area (Å²) in [7, 11) is 0. The van der Waals surface area contributed by atoms with E-state index < -0.39 is 0 Å². The van der Waals surface area contributed by atoms with Gasteiger partial charge in [-0.3, -0.25) is 0 Å². The molecule has 0 spiro atoms. The lowest BCUT2D eigenvalue weighted by atomic mass is 9.85. The van der Waals surface area contributed by atoms with Gasteiger partial charge >= 0.3 is 0 Å². The number of aliphatic hydroxyl groups is 1. The zero-order chi connectivity index (χ0) is 14.3. The number of hydrogen-bond acceptors (Lipinski definition) is 5. The average molecular weight is 266 g/mol. The summed E-state index contributed by atoms with van der Waals surface area (Å²) < 4.78 is 0. The zero-order valence-corrected chi connectivity index (χ0v) is 12.4. The maximum atomic E-state index is 9.16. The molecule has 0 bridgehead atoms. The molecule has 0 aromatic carbocycles. The van der Waals surface area contributed by atoms with E-state index in [9.17, 15) is 0 Å². The Kier molecular flexibility index (Phi) is 6.02. The fourth-order valence-corrected chi connectivity index (χ4v) is 1.79. The Balaban J connectivity index is 2.73. The molecule has 1 heterocycles. The minimum absolute atomic E-state index is 0.0602. The lowest BCUT2D eigenvalue weighted by Crippen LogP contribution is -2.35. The Morgan fingerprint density at radius 2 is 2.11 bits per heavy atom. The Labute approximate surface area is 115 Å². The summed E-state index contributed by atoms with van der Waals surface area (Å²) in [6.45, 7) is 9.59. The first-order chi connectivity index (χ1) is 8.97. The third-order valence-electron chi connectivity index (χ3n) is 2.97. The summed E-state index contributed by atoms with van der Waals surface area (Å²) >= 11 is 0. The molecular weight excluding hydrogens is 240 g/mol. The topological polar surface area (TPSA) is 70.1 Å². The van der Waals surface area contributed by atoms with Gasteiger partial charge in [0.25, 0.3) is 0 Å². The first kappa shape index (κ1) is 15.7. The molecule has 3 N–H and O–H groups in total. The Morgan fingerprint density at radius 3 is 2.68 bits per heavy atom. The van der Waals surface area contributed by atoms with Crippen LogP contribution in [0, 0.1) is 5.41 Å². The van der Waals surface area contributed by atoms with E-state index in [1.54, 1.807) is 6.20 Å². The standard InChI is InChI=1S/C14H26N4O/c1-5-8-15-13-16-9-6-12(18-13)17-11(7-10-19)14(2,3)4/h6,9,11,19H,5,7-8,10H2,1-4H3,(H2,15,16,17,18). The van der Waals surface area contributed by atoms with Crippen molar-refractivity contribution in [2.45, 2.75) is 46.6 Å². The smallest absolute Gasteiger partial charge is 0.224 e. The molecule has 0 saturated heterocycles. The van der Waals surface area contributed by atoms with Crippen molar-refractivity contribution in [3.05, 3.63) is 12.3 Å². The van der Waals surface area contributed by atoms with E-state index in [4.69, 9.17) is 5.11 Å². The van der Waals surface area contributed by atoms with Crippen LogP contribution < -0.4 is 10.6 Å². The van der Waals surface area contributed by atoms with Gasteiger partial charge in [0, 0.05) is 25.4 Å². The lowest BCUT2D eigenvalue weighted by Gasteiger charge is -2.31. The minimum atomic E-state index is 0.0602. The van der Waals surface area contributed by atoms with Crippen molar-refractivity contribution in [3.63, 3.8) is 0 Å². The Hall–Kier alpha value is -1.36. The number of nitrogens with zero attached hydrogens (tertiary/aromatic N) is 2. The second-order valence-corrected chi connectivity index (χ2v) is 5.77. The molecular formula is C14H26N4O. The highest BCUT2D eigenvalue weighted by Gasteiger charge is 2.24. The third kappa shape index (κ3) is 5.42. The van der Waals surface area contributed by atoms with Crippen molar-refractivity contribution in [2.75, 3.05) is 23.8 Å². The van der Waals surface area contributed by atoms with Crippen molar-refractivity contribution in [1.29, 1.82) is 0 Å². The second-order valence-electron chi connectivity index (χ2n) is 5.77. The number of anilines is 2. The molecule has 19 heavy (non-hydrogen) atoms. The Morgan fingerprint density at radius 1 is 1.37 bits per heavy atom. The number of aliphatic hydroxyl groups excluding tert-OH is 1. The summed E-state index contributed by atoms with van der Waals surface area (Å²) in [6.07, 6.45) is 3.48. The molecule has 0 radical (unpaired) electrons.